The third-order valence-electron chi connectivity index (χ3n) is 3.06. The Labute approximate surface area is 111 Å². The number of anilines is 1. The third kappa shape index (κ3) is 1.83. The highest BCUT2D eigenvalue weighted by Gasteiger charge is 2.12. The molecule has 1 aromatic carbocycles. The van der Waals surface area contributed by atoms with Gasteiger partial charge in [0.1, 0.15) is 5.82 Å². The van der Waals surface area contributed by atoms with Crippen molar-refractivity contribution in [2.45, 2.75) is 13.8 Å². The zero-order chi connectivity index (χ0) is 13.4. The summed E-state index contributed by atoms with van der Waals surface area (Å²) in [6.07, 6.45) is 1.80. The van der Waals surface area contributed by atoms with E-state index in [1.807, 2.05) is 23.5 Å². The largest absolute Gasteiger partial charge is 0.352 e. The van der Waals surface area contributed by atoms with Crippen LogP contribution >= 0.6 is 0 Å². The first kappa shape index (κ1) is 11.6. The lowest BCUT2D eigenvalue weighted by atomic mass is 10.1. The Morgan fingerprint density at radius 3 is 2.95 bits per heavy atom. The van der Waals surface area contributed by atoms with Crippen molar-refractivity contribution in [1.29, 1.82) is 0 Å². The number of nitrogens with one attached hydrogen (secondary N) is 1. The molecule has 0 fully saturated rings. The molecule has 0 saturated heterocycles. The molecule has 0 saturated carbocycles. The first-order valence-electron chi connectivity index (χ1n) is 6.17. The second kappa shape index (κ2) is 4.35. The molecule has 2 aromatic heterocycles. The maximum Gasteiger partial charge on any atom is 0.211 e. The van der Waals surface area contributed by atoms with Crippen LogP contribution in [-0.2, 0) is 0 Å². The lowest BCUT2D eigenvalue weighted by molar-refractivity contribution is 0.985. The van der Waals surface area contributed by atoms with E-state index in [0.29, 0.717) is 6.54 Å². The lowest BCUT2D eigenvalue weighted by Crippen LogP contribution is -2.07. The predicted molar refractivity (Wildman–Crippen MR) is 76.4 cm³/mol. The van der Waals surface area contributed by atoms with Crippen LogP contribution in [0.25, 0.3) is 16.6 Å². The van der Waals surface area contributed by atoms with Crippen LogP contribution in [0.3, 0.4) is 0 Å². The summed E-state index contributed by atoms with van der Waals surface area (Å²) in [5.74, 6) is 1.56. The minimum absolute atomic E-state index is 0.650. The van der Waals surface area contributed by atoms with Gasteiger partial charge < -0.3 is 5.32 Å². The topological polar surface area (TPSA) is 55.1 Å². The van der Waals surface area contributed by atoms with E-state index in [1.165, 1.54) is 5.56 Å². The molecule has 5 heteroatoms. The van der Waals surface area contributed by atoms with Crippen LogP contribution in [-0.4, -0.2) is 26.1 Å². The maximum atomic E-state index is 4.64. The van der Waals surface area contributed by atoms with Gasteiger partial charge in [-0.2, -0.15) is 0 Å². The van der Waals surface area contributed by atoms with Crippen LogP contribution < -0.4 is 5.32 Å². The number of fused-ring (bicyclic) bond motifs is 3. The normalized spacial score (nSPS) is 11.1. The third-order valence-corrected chi connectivity index (χ3v) is 3.06. The Balaban J connectivity index is 2.37. The molecule has 0 aliphatic carbocycles. The molecule has 1 N–H and O–H groups in total. The van der Waals surface area contributed by atoms with Gasteiger partial charge in [-0.1, -0.05) is 17.7 Å². The van der Waals surface area contributed by atoms with E-state index in [-0.39, 0.29) is 0 Å². The van der Waals surface area contributed by atoms with Crippen LogP contribution in [0.1, 0.15) is 11.4 Å². The summed E-state index contributed by atoms with van der Waals surface area (Å²) in [6, 6.07) is 6.14. The molecular weight excluding hydrogens is 238 g/mol. The Morgan fingerprint density at radius 1 is 1.32 bits per heavy atom. The summed E-state index contributed by atoms with van der Waals surface area (Å²) < 4.78 is 1.94. The van der Waals surface area contributed by atoms with Gasteiger partial charge in [0.2, 0.25) is 5.95 Å². The average molecular weight is 253 g/mol. The van der Waals surface area contributed by atoms with E-state index >= 15 is 0 Å². The zero-order valence-electron chi connectivity index (χ0n) is 11.0. The maximum absolute atomic E-state index is 4.64. The minimum atomic E-state index is 0.650. The number of nitrogens with zero attached hydrogens (tertiary/aromatic N) is 4. The summed E-state index contributed by atoms with van der Waals surface area (Å²) in [5.41, 5.74) is 2.93. The standard InChI is InChI=1S/C14H15N5/c1-4-7-15-14-16-12-6-5-9(2)8-11(12)13-18-17-10(3)19(13)14/h4-6,8H,1,7H2,2-3H3,(H,15,16). The fourth-order valence-corrected chi connectivity index (χ4v) is 2.16. The summed E-state index contributed by atoms with van der Waals surface area (Å²) in [6.45, 7) is 8.34. The monoisotopic (exact) mass is 253 g/mol. The van der Waals surface area contributed by atoms with E-state index in [4.69, 9.17) is 0 Å². The molecule has 3 aromatic rings. The van der Waals surface area contributed by atoms with Gasteiger partial charge in [-0.3, -0.25) is 0 Å². The van der Waals surface area contributed by atoms with E-state index in [1.54, 1.807) is 6.08 Å². The number of benzene rings is 1. The summed E-state index contributed by atoms with van der Waals surface area (Å²) in [4.78, 5) is 4.64. The molecule has 0 radical (unpaired) electrons. The fourth-order valence-electron chi connectivity index (χ4n) is 2.16. The Kier molecular flexibility index (Phi) is 2.67. The summed E-state index contributed by atoms with van der Waals surface area (Å²) >= 11 is 0. The van der Waals surface area contributed by atoms with Gasteiger partial charge in [0.05, 0.1) is 5.52 Å². The van der Waals surface area contributed by atoms with Crippen LogP contribution in [0.2, 0.25) is 0 Å². The predicted octanol–water partition coefficient (Wildman–Crippen LogP) is 2.49. The van der Waals surface area contributed by atoms with E-state index < -0.39 is 0 Å². The Morgan fingerprint density at radius 2 is 2.16 bits per heavy atom. The Bertz CT molecular complexity index is 772. The van der Waals surface area contributed by atoms with Crippen molar-refractivity contribution in [2.24, 2.45) is 0 Å². The van der Waals surface area contributed by atoms with Gasteiger partial charge in [-0.25, -0.2) is 9.38 Å². The molecule has 2 heterocycles. The van der Waals surface area contributed by atoms with E-state index in [9.17, 15) is 0 Å². The first-order chi connectivity index (χ1) is 9.20. The molecular formula is C14H15N5. The number of aryl methyl sites for hydroxylation is 2. The fraction of sp³-hybridized carbons (Fsp3) is 0.214. The van der Waals surface area contributed by atoms with Crippen molar-refractivity contribution in [2.75, 3.05) is 11.9 Å². The highest BCUT2D eigenvalue weighted by molar-refractivity contribution is 5.92. The molecule has 0 unspecified atom stereocenters. The molecule has 5 nitrogen and oxygen atoms in total. The SMILES string of the molecule is C=CCNc1nc2ccc(C)cc2c2nnc(C)n12. The van der Waals surface area contributed by atoms with Crippen molar-refractivity contribution >= 4 is 22.5 Å². The van der Waals surface area contributed by atoms with Crippen molar-refractivity contribution in [3.05, 3.63) is 42.2 Å². The molecule has 3 rings (SSSR count). The van der Waals surface area contributed by atoms with Crippen molar-refractivity contribution in [3.63, 3.8) is 0 Å². The number of hydrogen-bond acceptors (Lipinski definition) is 4. The first-order valence-corrected chi connectivity index (χ1v) is 6.17. The van der Waals surface area contributed by atoms with Crippen LogP contribution in [0.15, 0.2) is 30.9 Å². The molecule has 19 heavy (non-hydrogen) atoms. The number of rotatable bonds is 3. The molecule has 0 aliphatic rings. The van der Waals surface area contributed by atoms with Crippen molar-refractivity contribution in [3.8, 4) is 0 Å². The van der Waals surface area contributed by atoms with Gasteiger partial charge in [0.15, 0.2) is 5.65 Å². The van der Waals surface area contributed by atoms with Gasteiger partial charge in [-0.05, 0) is 26.0 Å². The zero-order valence-corrected chi connectivity index (χ0v) is 11.0. The highest BCUT2D eigenvalue weighted by Crippen LogP contribution is 2.22. The molecule has 0 spiro atoms. The summed E-state index contributed by atoms with van der Waals surface area (Å²) in [5, 5.41) is 12.7. The van der Waals surface area contributed by atoms with E-state index in [0.717, 1.165) is 28.3 Å². The highest BCUT2D eigenvalue weighted by atomic mass is 15.3. The second-order valence-corrected chi connectivity index (χ2v) is 4.53. The van der Waals surface area contributed by atoms with Gasteiger partial charge in [0.25, 0.3) is 0 Å². The van der Waals surface area contributed by atoms with Crippen LogP contribution in [0, 0.1) is 13.8 Å². The van der Waals surface area contributed by atoms with E-state index in [2.05, 4.69) is 40.1 Å². The van der Waals surface area contributed by atoms with Crippen LogP contribution in [0.4, 0.5) is 5.95 Å². The molecule has 0 aliphatic heterocycles. The lowest BCUT2D eigenvalue weighted by Gasteiger charge is -2.09. The molecule has 0 amide bonds. The second-order valence-electron chi connectivity index (χ2n) is 4.53. The van der Waals surface area contributed by atoms with Crippen molar-refractivity contribution in [1.82, 2.24) is 19.6 Å². The molecule has 0 atom stereocenters. The smallest absolute Gasteiger partial charge is 0.211 e. The number of aromatic nitrogens is 4. The van der Waals surface area contributed by atoms with Gasteiger partial charge >= 0.3 is 0 Å². The van der Waals surface area contributed by atoms with Gasteiger partial charge in [-0.15, -0.1) is 16.8 Å². The van der Waals surface area contributed by atoms with Crippen LogP contribution in [0.5, 0.6) is 0 Å². The number of hydrogen-bond donors (Lipinski definition) is 1. The van der Waals surface area contributed by atoms with Crippen molar-refractivity contribution < 1.29 is 0 Å². The Hall–Kier alpha value is -2.43. The minimum Gasteiger partial charge on any atom is -0.352 e. The molecule has 0 bridgehead atoms. The average Bonchev–Trinajstić information content (AvgIpc) is 2.79. The summed E-state index contributed by atoms with van der Waals surface area (Å²) in [7, 11) is 0. The quantitative estimate of drug-likeness (QED) is 0.729. The molecule has 96 valence electrons. The van der Waals surface area contributed by atoms with Gasteiger partial charge in [0, 0.05) is 11.9 Å².